The Balaban J connectivity index is 1.78. The molecule has 1 amide bonds. The zero-order valence-electron chi connectivity index (χ0n) is 23.4. The summed E-state index contributed by atoms with van der Waals surface area (Å²) in [6.07, 6.45) is 1.43. The number of nitro benzene ring substituents is 3. The van der Waals surface area contributed by atoms with Crippen LogP contribution in [0.4, 0.5) is 22.7 Å². The van der Waals surface area contributed by atoms with E-state index in [1.54, 1.807) is 0 Å². The lowest BCUT2D eigenvalue weighted by Gasteiger charge is -2.27. The number of nitrogens with zero attached hydrogens (tertiary/aromatic N) is 4. The molecule has 1 aromatic heterocycles. The van der Waals surface area contributed by atoms with Gasteiger partial charge in [0.1, 0.15) is 10.5 Å². The minimum Gasteiger partial charge on any atom is -0.466 e. The number of methoxy groups -OCH3 is 1. The van der Waals surface area contributed by atoms with Gasteiger partial charge in [0.05, 0.1) is 43.5 Å². The molecule has 16 nitrogen and oxygen atoms in total. The highest BCUT2D eigenvalue weighted by atomic mass is 32.1. The summed E-state index contributed by atoms with van der Waals surface area (Å²) in [4.78, 5) is 72.7. The number of rotatable bonds is 8. The predicted molar refractivity (Wildman–Crippen MR) is 165 cm³/mol. The van der Waals surface area contributed by atoms with E-state index in [9.17, 15) is 44.7 Å². The summed E-state index contributed by atoms with van der Waals surface area (Å²) in [7, 11) is 1.08. The number of hydrogen-bond donors (Lipinski definition) is 2. The fraction of sp³-hybridized carbons (Fsp3) is 0.0690. The van der Waals surface area contributed by atoms with Crippen LogP contribution in [0.15, 0.2) is 83.2 Å². The third-order valence-electron chi connectivity index (χ3n) is 6.97. The smallest absolute Gasteiger partial charge is 0.338 e. The van der Waals surface area contributed by atoms with Crippen molar-refractivity contribution in [3.8, 4) is 0 Å². The second kappa shape index (κ2) is 12.2. The Morgan fingerprint density at radius 1 is 0.848 bits per heavy atom. The summed E-state index contributed by atoms with van der Waals surface area (Å²) in [5.74, 6) is -3.42. The molecule has 2 heterocycles. The van der Waals surface area contributed by atoms with Crippen molar-refractivity contribution in [1.82, 2.24) is 4.57 Å². The third-order valence-corrected chi connectivity index (χ3v) is 8.08. The molecule has 3 aromatic carbocycles. The zero-order chi connectivity index (χ0) is 33.3. The molecule has 4 aromatic rings. The van der Waals surface area contributed by atoms with E-state index in [1.807, 2.05) is 0 Å². The Labute approximate surface area is 260 Å². The molecule has 1 aliphatic heterocycles. The summed E-state index contributed by atoms with van der Waals surface area (Å²) < 4.78 is 6.02. The summed E-state index contributed by atoms with van der Waals surface area (Å²) in [5, 5.41) is 36.1. The lowest BCUT2D eigenvalue weighted by Crippen LogP contribution is -2.42. The second-order valence-corrected chi connectivity index (χ2v) is 10.7. The number of amides is 1. The summed E-state index contributed by atoms with van der Waals surface area (Å²) in [6, 6.07) is 15.3. The number of thiazole rings is 1. The van der Waals surface area contributed by atoms with Gasteiger partial charge in [-0.1, -0.05) is 12.1 Å². The van der Waals surface area contributed by atoms with E-state index in [2.05, 4.69) is 5.32 Å². The summed E-state index contributed by atoms with van der Waals surface area (Å²) in [5.41, 5.74) is 5.43. The lowest BCUT2D eigenvalue weighted by atomic mass is 9.82. The van der Waals surface area contributed by atoms with Gasteiger partial charge < -0.3 is 15.8 Å². The van der Waals surface area contributed by atoms with Crippen LogP contribution in [0.25, 0.3) is 17.5 Å². The van der Waals surface area contributed by atoms with Crippen molar-refractivity contribution in [3.63, 3.8) is 0 Å². The van der Waals surface area contributed by atoms with Crippen LogP contribution in [-0.4, -0.2) is 38.3 Å². The molecule has 3 N–H and O–H groups in total. The van der Waals surface area contributed by atoms with Gasteiger partial charge in [-0.3, -0.25) is 44.5 Å². The van der Waals surface area contributed by atoms with Gasteiger partial charge in [0, 0.05) is 42.1 Å². The van der Waals surface area contributed by atoms with Crippen LogP contribution in [0.1, 0.15) is 17.0 Å². The van der Waals surface area contributed by atoms with Crippen LogP contribution in [0.5, 0.6) is 0 Å². The summed E-state index contributed by atoms with van der Waals surface area (Å²) in [6.45, 7) is 0. The molecule has 0 fully saturated rings. The standard InChI is InChI=1S/C29H20N6O10S/c1-45-29(38)23-22(16-4-10-19(11-5-16)34(41)42)24(26(36)31-17-6-12-20(13-7-17)35(43)44)28-32(25(23)30)27(37)21(46-28)14-15-2-8-18(9-3-15)33(39)40/h2-14,22H,30H2,1H3,(H,31,36)/b21-14+. The van der Waals surface area contributed by atoms with Crippen molar-refractivity contribution in [2.75, 3.05) is 12.4 Å². The van der Waals surface area contributed by atoms with Crippen LogP contribution in [0, 0.1) is 30.3 Å². The van der Waals surface area contributed by atoms with Crippen molar-refractivity contribution in [2.24, 2.45) is 5.73 Å². The van der Waals surface area contributed by atoms with Crippen LogP contribution in [0.3, 0.4) is 0 Å². The molecule has 1 unspecified atom stereocenters. The van der Waals surface area contributed by atoms with Crippen LogP contribution in [0.2, 0.25) is 0 Å². The van der Waals surface area contributed by atoms with Crippen molar-refractivity contribution >= 4 is 63.4 Å². The van der Waals surface area contributed by atoms with E-state index in [0.717, 1.165) is 23.0 Å². The van der Waals surface area contributed by atoms with Gasteiger partial charge >= 0.3 is 5.97 Å². The number of fused-ring (bicyclic) bond motifs is 1. The first-order chi connectivity index (χ1) is 21.9. The fourth-order valence-electron chi connectivity index (χ4n) is 4.81. The number of ether oxygens (including phenoxy) is 1. The molecule has 0 radical (unpaired) electrons. The number of non-ortho nitro benzene ring substituents is 3. The van der Waals surface area contributed by atoms with Crippen LogP contribution < -0.4 is 25.8 Å². The van der Waals surface area contributed by atoms with Gasteiger partial charge in [-0.25, -0.2) is 4.79 Å². The Kier molecular flexibility index (Phi) is 8.24. The number of nitrogens with two attached hydrogens (primary N) is 1. The highest BCUT2D eigenvalue weighted by Gasteiger charge is 2.39. The van der Waals surface area contributed by atoms with Crippen molar-refractivity contribution in [3.05, 3.63) is 139 Å². The number of nitro groups is 3. The van der Waals surface area contributed by atoms with E-state index < -0.39 is 38.1 Å². The van der Waals surface area contributed by atoms with Gasteiger partial charge in [-0.15, -0.1) is 11.3 Å². The quantitative estimate of drug-likeness (QED) is 0.160. The van der Waals surface area contributed by atoms with Gasteiger partial charge in [0.2, 0.25) is 0 Å². The molecule has 46 heavy (non-hydrogen) atoms. The maximum Gasteiger partial charge on any atom is 0.338 e. The van der Waals surface area contributed by atoms with Crippen LogP contribution >= 0.6 is 11.3 Å². The number of carbonyl (C=O) groups excluding carboxylic acids is 2. The first-order valence-corrected chi connectivity index (χ1v) is 13.8. The third kappa shape index (κ3) is 5.72. The molecule has 0 spiro atoms. The average molecular weight is 645 g/mol. The monoisotopic (exact) mass is 644 g/mol. The molecule has 1 aliphatic rings. The Bertz CT molecular complexity index is 2150. The first kappa shape index (κ1) is 31.0. The molecule has 5 rings (SSSR count). The predicted octanol–water partition coefficient (Wildman–Crippen LogP) is 2.35. The van der Waals surface area contributed by atoms with Crippen LogP contribution in [-0.2, 0) is 14.3 Å². The number of nitrogens with one attached hydrogen (secondary N) is 1. The van der Waals surface area contributed by atoms with Gasteiger partial charge in [0.15, 0.2) is 0 Å². The topological polar surface area (TPSA) is 233 Å². The molecule has 0 saturated heterocycles. The average Bonchev–Trinajstić information content (AvgIpc) is 3.36. The molecule has 17 heteroatoms. The number of anilines is 1. The largest absolute Gasteiger partial charge is 0.466 e. The molecule has 0 bridgehead atoms. The van der Waals surface area contributed by atoms with E-state index in [-0.39, 0.29) is 54.5 Å². The molecule has 0 aliphatic carbocycles. The van der Waals surface area contributed by atoms with Gasteiger partial charge in [0.25, 0.3) is 28.5 Å². The maximum atomic E-state index is 14.1. The van der Waals surface area contributed by atoms with Crippen molar-refractivity contribution in [2.45, 2.75) is 5.92 Å². The number of benzene rings is 3. The minimum absolute atomic E-state index is 0.0195. The highest BCUT2D eigenvalue weighted by Crippen LogP contribution is 2.38. The molecule has 232 valence electrons. The maximum absolute atomic E-state index is 14.1. The molecule has 1 atom stereocenters. The second-order valence-electron chi connectivity index (χ2n) is 9.65. The highest BCUT2D eigenvalue weighted by molar-refractivity contribution is 7.07. The van der Waals surface area contributed by atoms with Gasteiger partial charge in [-0.05, 0) is 41.5 Å². The Morgan fingerprint density at radius 3 is 1.85 bits per heavy atom. The SMILES string of the molecule is COC(=O)C1=C(N)n2c(s/c(=C/c3ccc([N+](=O)[O-])cc3)c2=O)=C(C(=O)Nc2ccc([N+](=O)[O-])cc2)C1c1ccc([N+](=O)[O-])cc1. The van der Waals surface area contributed by atoms with E-state index in [0.29, 0.717) is 5.56 Å². The van der Waals surface area contributed by atoms with E-state index in [1.165, 1.54) is 78.9 Å². The first-order valence-electron chi connectivity index (χ1n) is 13.0. The molecule has 0 saturated carbocycles. The van der Waals surface area contributed by atoms with E-state index in [4.69, 9.17) is 10.5 Å². The fourth-order valence-corrected chi connectivity index (χ4v) is 5.98. The number of esters is 1. The van der Waals surface area contributed by atoms with Gasteiger partial charge in [-0.2, -0.15) is 0 Å². The number of carbonyl (C=O) groups is 2. The van der Waals surface area contributed by atoms with Crippen molar-refractivity contribution < 1.29 is 29.1 Å². The minimum atomic E-state index is -1.28. The number of hydrogen-bond acceptors (Lipinski definition) is 12. The van der Waals surface area contributed by atoms with Crippen molar-refractivity contribution in [1.29, 1.82) is 0 Å². The Hall–Kier alpha value is -6.49. The summed E-state index contributed by atoms with van der Waals surface area (Å²) >= 11 is 0.852. The normalized spacial score (nSPS) is 14.4. The molecular formula is C29H20N6O10S. The van der Waals surface area contributed by atoms with E-state index >= 15 is 0 Å². The molecular weight excluding hydrogens is 624 g/mol. The number of aromatic nitrogens is 1. The zero-order valence-corrected chi connectivity index (χ0v) is 24.3. The Morgan fingerprint density at radius 2 is 1.35 bits per heavy atom. The lowest BCUT2D eigenvalue weighted by molar-refractivity contribution is -0.385.